The van der Waals surface area contributed by atoms with Gasteiger partial charge in [-0.2, -0.15) is 0 Å². The maximum absolute atomic E-state index is 13.1. The molecule has 0 aliphatic rings. The van der Waals surface area contributed by atoms with Crippen LogP contribution >= 0.6 is 0 Å². The molecule has 2 N–H and O–H groups in total. The Morgan fingerprint density at radius 1 is 1.50 bits per heavy atom. The first kappa shape index (κ1) is 12.6. The number of nitrogens with one attached hydrogen (secondary N) is 1. The van der Waals surface area contributed by atoms with Crippen molar-refractivity contribution in [1.29, 1.82) is 0 Å². The van der Waals surface area contributed by atoms with Crippen molar-refractivity contribution in [3.63, 3.8) is 0 Å². The van der Waals surface area contributed by atoms with Gasteiger partial charge in [-0.15, -0.1) is 0 Å². The highest BCUT2D eigenvalue weighted by atomic mass is 19.1. The van der Waals surface area contributed by atoms with E-state index in [1.807, 2.05) is 0 Å². The van der Waals surface area contributed by atoms with Gasteiger partial charge in [0.2, 0.25) is 0 Å². The fourth-order valence-corrected chi connectivity index (χ4v) is 1.10. The number of aliphatic hydroxyl groups excluding tert-OH is 1. The second kappa shape index (κ2) is 5.55. The molecule has 0 radical (unpaired) electrons. The Balaban J connectivity index is 2.69. The molecule has 0 spiro atoms. The van der Waals surface area contributed by atoms with Crippen molar-refractivity contribution >= 4 is 5.91 Å². The van der Waals surface area contributed by atoms with Gasteiger partial charge in [-0.1, -0.05) is 6.92 Å². The molecule has 1 unspecified atom stereocenters. The van der Waals surface area contributed by atoms with Crippen LogP contribution in [0.15, 0.2) is 18.2 Å². The Labute approximate surface area is 92.1 Å². The summed E-state index contributed by atoms with van der Waals surface area (Å²) in [6.07, 6.45) is 0. The molecule has 0 aromatic heterocycles. The summed E-state index contributed by atoms with van der Waals surface area (Å²) in [5, 5.41) is 11.1. The van der Waals surface area contributed by atoms with E-state index in [9.17, 15) is 13.6 Å². The van der Waals surface area contributed by atoms with Crippen LogP contribution in [0.25, 0.3) is 0 Å². The van der Waals surface area contributed by atoms with Gasteiger partial charge in [0.25, 0.3) is 5.91 Å². The molecular weight excluding hydrogens is 216 g/mol. The predicted octanol–water partition coefficient (Wildman–Crippen LogP) is 1.32. The molecule has 0 saturated carbocycles. The summed E-state index contributed by atoms with van der Waals surface area (Å²) in [5.74, 6) is -2.24. The molecule has 1 aromatic carbocycles. The lowest BCUT2D eigenvalue weighted by atomic mass is 10.1. The maximum Gasteiger partial charge on any atom is 0.254 e. The van der Waals surface area contributed by atoms with E-state index >= 15 is 0 Å². The third kappa shape index (κ3) is 3.27. The molecule has 16 heavy (non-hydrogen) atoms. The molecule has 88 valence electrons. The molecule has 0 aliphatic carbocycles. The van der Waals surface area contributed by atoms with Crippen molar-refractivity contribution in [2.45, 2.75) is 6.92 Å². The standard InChI is InChI=1S/C11H13F2NO2/c1-7(6-15)5-14-11(16)9-4-8(12)2-3-10(9)13/h2-4,7,15H,5-6H2,1H3,(H,14,16). The number of benzene rings is 1. The van der Waals surface area contributed by atoms with E-state index in [2.05, 4.69) is 5.32 Å². The Morgan fingerprint density at radius 3 is 2.81 bits per heavy atom. The number of hydrogen-bond donors (Lipinski definition) is 2. The molecule has 1 aromatic rings. The van der Waals surface area contributed by atoms with Gasteiger partial charge >= 0.3 is 0 Å². The number of carbonyl (C=O) groups is 1. The highest BCUT2D eigenvalue weighted by Gasteiger charge is 2.13. The first-order valence-electron chi connectivity index (χ1n) is 4.88. The number of halogens is 2. The van der Waals surface area contributed by atoms with Crippen LogP contribution in [-0.2, 0) is 0 Å². The van der Waals surface area contributed by atoms with Gasteiger partial charge in [0.05, 0.1) is 5.56 Å². The molecule has 1 rings (SSSR count). The van der Waals surface area contributed by atoms with Gasteiger partial charge in [-0.3, -0.25) is 4.79 Å². The Bertz CT molecular complexity index is 382. The van der Waals surface area contributed by atoms with Crippen molar-refractivity contribution < 1.29 is 18.7 Å². The summed E-state index contributed by atoms with van der Waals surface area (Å²) in [7, 11) is 0. The molecular formula is C11H13F2NO2. The molecule has 0 bridgehead atoms. The van der Waals surface area contributed by atoms with Crippen molar-refractivity contribution in [3.05, 3.63) is 35.4 Å². The zero-order chi connectivity index (χ0) is 12.1. The normalized spacial score (nSPS) is 12.2. The number of amides is 1. The summed E-state index contributed by atoms with van der Waals surface area (Å²) >= 11 is 0. The summed E-state index contributed by atoms with van der Waals surface area (Å²) in [6, 6.07) is 2.69. The van der Waals surface area contributed by atoms with Crippen LogP contribution in [0.5, 0.6) is 0 Å². The largest absolute Gasteiger partial charge is 0.396 e. The zero-order valence-corrected chi connectivity index (χ0v) is 8.84. The van der Waals surface area contributed by atoms with E-state index in [1.54, 1.807) is 6.92 Å². The van der Waals surface area contributed by atoms with Gasteiger partial charge in [0.15, 0.2) is 0 Å². The molecule has 0 saturated heterocycles. The Hall–Kier alpha value is -1.49. The minimum atomic E-state index is -0.768. The molecule has 3 nitrogen and oxygen atoms in total. The number of hydrogen-bond acceptors (Lipinski definition) is 2. The smallest absolute Gasteiger partial charge is 0.254 e. The molecule has 1 amide bonds. The van der Waals surface area contributed by atoms with Crippen LogP contribution in [0.4, 0.5) is 8.78 Å². The van der Waals surface area contributed by atoms with Crippen molar-refractivity contribution in [2.75, 3.05) is 13.2 Å². The average Bonchev–Trinajstić information content (AvgIpc) is 2.28. The molecule has 0 aliphatic heterocycles. The van der Waals surface area contributed by atoms with Crippen LogP contribution in [-0.4, -0.2) is 24.2 Å². The lowest BCUT2D eigenvalue weighted by Crippen LogP contribution is -2.30. The number of rotatable bonds is 4. The van der Waals surface area contributed by atoms with Gasteiger partial charge in [-0.25, -0.2) is 8.78 Å². The molecule has 0 fully saturated rings. The molecule has 0 heterocycles. The third-order valence-corrected chi connectivity index (χ3v) is 2.10. The second-order valence-corrected chi connectivity index (χ2v) is 3.62. The first-order chi connectivity index (χ1) is 7.54. The Kier molecular flexibility index (Phi) is 4.37. The van der Waals surface area contributed by atoms with E-state index in [4.69, 9.17) is 5.11 Å². The average molecular weight is 229 g/mol. The van der Waals surface area contributed by atoms with Crippen LogP contribution in [0.1, 0.15) is 17.3 Å². The summed E-state index contributed by atoms with van der Waals surface area (Å²) in [6.45, 7) is 1.86. The van der Waals surface area contributed by atoms with E-state index in [0.29, 0.717) is 0 Å². The van der Waals surface area contributed by atoms with E-state index in [-0.39, 0.29) is 24.6 Å². The highest BCUT2D eigenvalue weighted by molar-refractivity contribution is 5.94. The fraction of sp³-hybridized carbons (Fsp3) is 0.364. The first-order valence-corrected chi connectivity index (χ1v) is 4.88. The van der Waals surface area contributed by atoms with E-state index in [1.165, 1.54) is 0 Å². The van der Waals surface area contributed by atoms with Crippen molar-refractivity contribution in [2.24, 2.45) is 5.92 Å². The summed E-state index contributed by atoms with van der Waals surface area (Å²) in [5.41, 5.74) is -0.329. The quantitative estimate of drug-likeness (QED) is 0.818. The van der Waals surface area contributed by atoms with Crippen molar-refractivity contribution in [1.82, 2.24) is 5.32 Å². The Morgan fingerprint density at radius 2 is 2.19 bits per heavy atom. The van der Waals surface area contributed by atoms with Crippen LogP contribution in [0.3, 0.4) is 0 Å². The fourth-order valence-electron chi connectivity index (χ4n) is 1.10. The predicted molar refractivity (Wildman–Crippen MR) is 54.9 cm³/mol. The third-order valence-electron chi connectivity index (χ3n) is 2.10. The topological polar surface area (TPSA) is 49.3 Å². The van der Waals surface area contributed by atoms with E-state index < -0.39 is 17.5 Å². The summed E-state index contributed by atoms with van der Waals surface area (Å²) in [4.78, 5) is 11.4. The van der Waals surface area contributed by atoms with Gasteiger partial charge in [-0.05, 0) is 24.1 Å². The second-order valence-electron chi connectivity index (χ2n) is 3.62. The zero-order valence-electron chi connectivity index (χ0n) is 8.84. The lowest BCUT2D eigenvalue weighted by Gasteiger charge is -2.10. The highest BCUT2D eigenvalue weighted by Crippen LogP contribution is 2.09. The van der Waals surface area contributed by atoms with Gasteiger partial charge in [0.1, 0.15) is 11.6 Å². The monoisotopic (exact) mass is 229 g/mol. The maximum atomic E-state index is 13.1. The minimum absolute atomic E-state index is 0.0775. The van der Waals surface area contributed by atoms with E-state index in [0.717, 1.165) is 18.2 Å². The molecule has 1 atom stereocenters. The summed E-state index contributed by atoms with van der Waals surface area (Å²) < 4.78 is 25.9. The minimum Gasteiger partial charge on any atom is -0.396 e. The van der Waals surface area contributed by atoms with Crippen LogP contribution in [0.2, 0.25) is 0 Å². The van der Waals surface area contributed by atoms with Crippen LogP contribution < -0.4 is 5.32 Å². The lowest BCUT2D eigenvalue weighted by molar-refractivity contribution is 0.0937. The SMILES string of the molecule is CC(CO)CNC(=O)c1cc(F)ccc1F. The van der Waals surface area contributed by atoms with Gasteiger partial charge in [0, 0.05) is 13.2 Å². The number of aliphatic hydroxyl groups is 1. The van der Waals surface area contributed by atoms with Gasteiger partial charge < -0.3 is 10.4 Å². The number of carbonyl (C=O) groups excluding carboxylic acids is 1. The van der Waals surface area contributed by atoms with Crippen molar-refractivity contribution in [3.8, 4) is 0 Å². The van der Waals surface area contributed by atoms with Crippen LogP contribution in [0, 0.1) is 17.6 Å². The molecule has 5 heteroatoms.